The average molecular weight is 204 g/mol. The van der Waals surface area contributed by atoms with Crippen LogP contribution in [0.15, 0.2) is 35.9 Å². The maximum Gasteiger partial charge on any atom is 0.132 e. The molecule has 0 bridgehead atoms. The van der Waals surface area contributed by atoms with Crippen LogP contribution < -0.4 is 5.32 Å². The van der Waals surface area contributed by atoms with Crippen molar-refractivity contribution in [3.8, 4) is 0 Å². The van der Waals surface area contributed by atoms with Crippen molar-refractivity contribution in [2.45, 2.75) is 18.6 Å². The fourth-order valence-corrected chi connectivity index (χ4v) is 2.78. The van der Waals surface area contributed by atoms with Gasteiger partial charge in [0.1, 0.15) is 5.50 Å². The summed E-state index contributed by atoms with van der Waals surface area (Å²) in [5.74, 6) is 0. The number of nitrogens with one attached hydrogen (secondary N) is 1. The van der Waals surface area contributed by atoms with Gasteiger partial charge in [-0.15, -0.1) is 0 Å². The Morgan fingerprint density at radius 3 is 3.07 bits per heavy atom. The molecule has 2 heterocycles. The van der Waals surface area contributed by atoms with Crippen LogP contribution in [-0.2, 0) is 13.1 Å². The predicted molar refractivity (Wildman–Crippen MR) is 59.3 cm³/mol. The Labute approximate surface area is 88.0 Å². The second kappa shape index (κ2) is 3.33. The molecule has 1 N–H and O–H groups in total. The van der Waals surface area contributed by atoms with Gasteiger partial charge in [-0.25, -0.2) is 0 Å². The lowest BCUT2D eigenvalue weighted by Gasteiger charge is -2.22. The molecular formula is C11H12N2S. The molecule has 2 nitrogen and oxygen atoms in total. The van der Waals surface area contributed by atoms with Crippen LogP contribution in [0.2, 0.25) is 0 Å². The SMILES string of the molecule is C1=CN2Cc3ccccc3CNC2S1. The van der Waals surface area contributed by atoms with E-state index in [-0.39, 0.29) is 0 Å². The number of thioether (sulfide) groups is 1. The number of hydrogen-bond donors (Lipinski definition) is 1. The van der Waals surface area contributed by atoms with Gasteiger partial charge in [-0.2, -0.15) is 0 Å². The van der Waals surface area contributed by atoms with Crippen molar-refractivity contribution in [2.75, 3.05) is 0 Å². The van der Waals surface area contributed by atoms with E-state index < -0.39 is 0 Å². The van der Waals surface area contributed by atoms with Crippen LogP contribution in [0.25, 0.3) is 0 Å². The number of benzene rings is 1. The minimum Gasteiger partial charge on any atom is -0.348 e. The van der Waals surface area contributed by atoms with Crippen LogP contribution in [0.3, 0.4) is 0 Å². The summed E-state index contributed by atoms with van der Waals surface area (Å²) in [6.07, 6.45) is 2.17. The molecule has 1 aromatic rings. The normalized spacial score (nSPS) is 24.3. The molecule has 3 heteroatoms. The van der Waals surface area contributed by atoms with Crippen molar-refractivity contribution < 1.29 is 0 Å². The molecule has 2 aliphatic rings. The molecule has 3 rings (SSSR count). The lowest BCUT2D eigenvalue weighted by molar-refractivity contribution is 0.325. The number of fused-ring (bicyclic) bond motifs is 2. The highest BCUT2D eigenvalue weighted by Gasteiger charge is 2.23. The zero-order chi connectivity index (χ0) is 9.38. The average Bonchev–Trinajstić information content (AvgIpc) is 2.58. The first-order valence-electron chi connectivity index (χ1n) is 4.81. The van der Waals surface area contributed by atoms with Gasteiger partial charge < -0.3 is 4.90 Å². The molecule has 0 amide bonds. The summed E-state index contributed by atoms with van der Waals surface area (Å²) < 4.78 is 0. The third kappa shape index (κ3) is 1.33. The van der Waals surface area contributed by atoms with Crippen molar-refractivity contribution in [3.63, 3.8) is 0 Å². The van der Waals surface area contributed by atoms with Gasteiger partial charge >= 0.3 is 0 Å². The van der Waals surface area contributed by atoms with Crippen LogP contribution in [-0.4, -0.2) is 10.4 Å². The molecule has 0 spiro atoms. The molecule has 0 radical (unpaired) electrons. The summed E-state index contributed by atoms with van der Waals surface area (Å²) in [4.78, 5) is 2.34. The van der Waals surface area contributed by atoms with Gasteiger partial charge in [0.2, 0.25) is 0 Å². The highest BCUT2D eigenvalue weighted by atomic mass is 32.2. The Morgan fingerprint density at radius 1 is 1.29 bits per heavy atom. The molecule has 0 fully saturated rings. The molecule has 0 aliphatic carbocycles. The van der Waals surface area contributed by atoms with E-state index in [1.54, 1.807) is 0 Å². The molecule has 0 saturated carbocycles. The van der Waals surface area contributed by atoms with Crippen LogP contribution in [0.5, 0.6) is 0 Å². The van der Waals surface area contributed by atoms with Crippen molar-refractivity contribution in [3.05, 3.63) is 47.0 Å². The van der Waals surface area contributed by atoms with Crippen molar-refractivity contribution in [1.29, 1.82) is 0 Å². The minimum atomic E-state index is 0.433. The zero-order valence-corrected chi connectivity index (χ0v) is 8.63. The standard InChI is InChI=1S/C11H12N2S/c1-2-4-10-8-13-5-6-14-11(13)12-7-9(10)3-1/h1-6,11-12H,7-8H2. The lowest BCUT2D eigenvalue weighted by atomic mass is 10.1. The number of nitrogens with zero attached hydrogens (tertiary/aromatic N) is 1. The molecule has 72 valence electrons. The minimum absolute atomic E-state index is 0.433. The Morgan fingerprint density at radius 2 is 2.14 bits per heavy atom. The first-order valence-corrected chi connectivity index (χ1v) is 5.76. The summed E-state index contributed by atoms with van der Waals surface area (Å²) in [5, 5.41) is 5.68. The van der Waals surface area contributed by atoms with E-state index in [0.717, 1.165) is 13.1 Å². The summed E-state index contributed by atoms with van der Waals surface area (Å²) in [7, 11) is 0. The van der Waals surface area contributed by atoms with Gasteiger partial charge in [0.25, 0.3) is 0 Å². The summed E-state index contributed by atoms with van der Waals surface area (Å²) in [6, 6.07) is 8.65. The van der Waals surface area contributed by atoms with E-state index in [1.165, 1.54) is 11.1 Å². The monoisotopic (exact) mass is 204 g/mol. The fraction of sp³-hybridized carbons (Fsp3) is 0.273. The number of hydrogen-bond acceptors (Lipinski definition) is 3. The van der Waals surface area contributed by atoms with Gasteiger partial charge in [-0.05, 0) is 16.5 Å². The molecule has 1 unspecified atom stereocenters. The van der Waals surface area contributed by atoms with Gasteiger partial charge in [0.05, 0.1) is 0 Å². The first kappa shape index (κ1) is 8.38. The molecule has 0 aromatic heterocycles. The third-order valence-electron chi connectivity index (χ3n) is 2.70. The second-order valence-corrected chi connectivity index (χ2v) is 4.59. The van der Waals surface area contributed by atoms with Crippen LogP contribution in [0.4, 0.5) is 0 Å². The van der Waals surface area contributed by atoms with E-state index in [9.17, 15) is 0 Å². The van der Waals surface area contributed by atoms with Gasteiger partial charge in [-0.1, -0.05) is 36.0 Å². The molecule has 0 saturated heterocycles. The summed E-state index contributed by atoms with van der Waals surface area (Å²) >= 11 is 1.84. The van der Waals surface area contributed by atoms with Crippen LogP contribution >= 0.6 is 11.8 Å². The third-order valence-corrected chi connectivity index (χ3v) is 3.67. The predicted octanol–water partition coefficient (Wildman–Crippen LogP) is 2.09. The van der Waals surface area contributed by atoms with E-state index in [0.29, 0.717) is 5.50 Å². The van der Waals surface area contributed by atoms with Crippen molar-refractivity contribution in [1.82, 2.24) is 10.2 Å². The Balaban J connectivity index is 1.96. The highest BCUT2D eigenvalue weighted by Crippen LogP contribution is 2.28. The van der Waals surface area contributed by atoms with E-state index >= 15 is 0 Å². The van der Waals surface area contributed by atoms with E-state index in [2.05, 4.69) is 46.1 Å². The largest absolute Gasteiger partial charge is 0.348 e. The Hall–Kier alpha value is -0.930. The fourth-order valence-electron chi connectivity index (χ4n) is 1.92. The van der Waals surface area contributed by atoms with E-state index in [1.807, 2.05) is 11.8 Å². The van der Waals surface area contributed by atoms with Gasteiger partial charge in [0.15, 0.2) is 0 Å². The van der Waals surface area contributed by atoms with Gasteiger partial charge in [0, 0.05) is 19.3 Å². The van der Waals surface area contributed by atoms with Crippen LogP contribution in [0.1, 0.15) is 11.1 Å². The van der Waals surface area contributed by atoms with Crippen molar-refractivity contribution in [2.24, 2.45) is 0 Å². The van der Waals surface area contributed by atoms with E-state index in [4.69, 9.17) is 0 Å². The molecule has 14 heavy (non-hydrogen) atoms. The second-order valence-electron chi connectivity index (χ2n) is 3.60. The van der Waals surface area contributed by atoms with Crippen LogP contribution in [0, 0.1) is 0 Å². The number of rotatable bonds is 0. The molecular weight excluding hydrogens is 192 g/mol. The molecule has 1 aromatic carbocycles. The maximum absolute atomic E-state index is 3.53. The zero-order valence-electron chi connectivity index (χ0n) is 7.81. The molecule has 2 aliphatic heterocycles. The topological polar surface area (TPSA) is 15.3 Å². The Bertz CT molecular complexity index is 375. The lowest BCUT2D eigenvalue weighted by Crippen LogP contribution is -2.34. The summed E-state index contributed by atoms with van der Waals surface area (Å²) in [6.45, 7) is 2.00. The highest BCUT2D eigenvalue weighted by molar-refractivity contribution is 8.02. The smallest absolute Gasteiger partial charge is 0.132 e. The first-order chi connectivity index (χ1) is 6.93. The summed E-state index contributed by atoms with van der Waals surface area (Å²) in [5.41, 5.74) is 3.30. The van der Waals surface area contributed by atoms with Crippen molar-refractivity contribution >= 4 is 11.8 Å². The van der Waals surface area contributed by atoms with Gasteiger partial charge in [-0.3, -0.25) is 5.32 Å². The molecule has 1 atom stereocenters. The quantitative estimate of drug-likeness (QED) is 0.696. The Kier molecular flexibility index (Phi) is 2.00. The maximum atomic E-state index is 3.53.